The number of likely N-dealkylation sites (N-methyl/N-ethyl adjacent to an activating group) is 1. The lowest BCUT2D eigenvalue weighted by Crippen LogP contribution is -2.33. The van der Waals surface area contributed by atoms with Crippen molar-refractivity contribution >= 4 is 23.7 Å². The fourth-order valence-corrected chi connectivity index (χ4v) is 1.93. The van der Waals surface area contributed by atoms with Crippen molar-refractivity contribution in [1.82, 2.24) is 20.2 Å². The number of amides is 3. The Balaban J connectivity index is 0. The summed E-state index contributed by atoms with van der Waals surface area (Å²) >= 11 is 0. The van der Waals surface area contributed by atoms with Crippen LogP contribution in [0.25, 0.3) is 0 Å². The Morgan fingerprint density at radius 1 is 0.861 bits per heavy atom. The van der Waals surface area contributed by atoms with Crippen molar-refractivity contribution in [2.24, 2.45) is 16.0 Å². The van der Waals surface area contributed by atoms with Gasteiger partial charge >= 0.3 is 5.97 Å². The summed E-state index contributed by atoms with van der Waals surface area (Å²) in [6.45, 7) is 2.19. The quantitative estimate of drug-likeness (QED) is 0.0712. The maximum atomic E-state index is 11.3. The molecule has 0 aromatic rings. The van der Waals surface area contributed by atoms with Crippen molar-refractivity contribution in [1.29, 1.82) is 11.1 Å². The Morgan fingerprint density at radius 2 is 1.31 bits per heavy atom. The minimum Gasteiger partial charge on any atom is -0.377 e. The third-order valence-corrected chi connectivity index (χ3v) is 3.49. The number of nitrogens with one attached hydrogen (secondary N) is 3. The van der Waals surface area contributed by atoms with E-state index < -0.39 is 17.8 Å². The van der Waals surface area contributed by atoms with Crippen LogP contribution in [0.1, 0.15) is 12.8 Å². The Labute approximate surface area is 207 Å². The second-order valence-electron chi connectivity index (χ2n) is 5.98. The highest BCUT2D eigenvalue weighted by molar-refractivity contribution is 6.01. The molecule has 0 bridgehead atoms. The zero-order chi connectivity index (χ0) is 27.4. The van der Waals surface area contributed by atoms with E-state index >= 15 is 0 Å². The number of hydroxylamine groups is 2. The molecule has 0 saturated carbocycles. The fraction of sp³-hybridized carbons (Fsp3) is 0.778. The zero-order valence-corrected chi connectivity index (χ0v) is 20.5. The van der Waals surface area contributed by atoms with Crippen molar-refractivity contribution in [3.63, 3.8) is 0 Å². The number of rotatable bonds is 17. The molecule has 5 N–H and O–H groups in total. The van der Waals surface area contributed by atoms with Crippen LogP contribution in [-0.2, 0) is 43.0 Å². The standard InChI is InChI=1S/C10H15N4O6.C7H14N4O3.CH5N/c11-13-12-3-4-18-5-6-19-7-10(17)20-14-8(15)1-2-9(14)16;1-9-7(12)6-14-5-4-13-3-2-10-11-8;1-2/h11H,1-7H2;8H,2-6H2,1H3;2H2,1H3/q+1;;/p+1. The van der Waals surface area contributed by atoms with Gasteiger partial charge < -0.3 is 34.8 Å². The Kier molecular flexibility index (Phi) is 25.1. The first-order valence-corrected chi connectivity index (χ1v) is 10.7. The lowest BCUT2D eigenvalue weighted by atomic mass is 10.4. The second-order valence-corrected chi connectivity index (χ2v) is 5.98. The van der Waals surface area contributed by atoms with Gasteiger partial charge in [-0.2, -0.15) is 0 Å². The highest BCUT2D eigenvalue weighted by Crippen LogP contribution is 2.11. The van der Waals surface area contributed by atoms with E-state index in [-0.39, 0.29) is 51.7 Å². The molecule has 204 valence electrons. The average molecular weight is 522 g/mol. The van der Waals surface area contributed by atoms with Crippen molar-refractivity contribution in [3.8, 4) is 0 Å². The lowest BCUT2D eigenvalue weighted by Gasteiger charge is -2.12. The van der Waals surface area contributed by atoms with Gasteiger partial charge in [0, 0.05) is 19.9 Å². The molecular formula is C18H35N9O9+2. The molecule has 36 heavy (non-hydrogen) atoms. The molecule has 0 aromatic heterocycles. The van der Waals surface area contributed by atoms with Gasteiger partial charge in [0.05, 0.1) is 39.6 Å². The maximum absolute atomic E-state index is 11.3. The molecule has 1 heterocycles. The lowest BCUT2D eigenvalue weighted by molar-refractivity contribution is -0.200. The largest absolute Gasteiger partial charge is 0.377 e. The summed E-state index contributed by atoms with van der Waals surface area (Å²) in [6.07, 6.45) is 0.104. The van der Waals surface area contributed by atoms with Gasteiger partial charge in [-0.15, -0.1) is 5.06 Å². The predicted molar refractivity (Wildman–Crippen MR) is 119 cm³/mol. The van der Waals surface area contributed by atoms with E-state index in [0.717, 1.165) is 0 Å². The number of hydrogen-bond donors (Lipinski definition) is 4. The van der Waals surface area contributed by atoms with Crippen LogP contribution in [-0.4, -0.2) is 109 Å². The molecule has 0 unspecified atom stereocenters. The van der Waals surface area contributed by atoms with Gasteiger partial charge in [-0.1, -0.05) is 0 Å². The zero-order valence-electron chi connectivity index (χ0n) is 20.5. The molecule has 18 heteroatoms. The molecule has 0 radical (unpaired) electrons. The fourth-order valence-electron chi connectivity index (χ4n) is 1.93. The highest BCUT2D eigenvalue weighted by Gasteiger charge is 2.32. The van der Waals surface area contributed by atoms with Crippen LogP contribution in [0.15, 0.2) is 10.2 Å². The summed E-state index contributed by atoms with van der Waals surface area (Å²) in [5, 5.41) is 9.66. The first-order chi connectivity index (χ1) is 17.5. The van der Waals surface area contributed by atoms with E-state index in [0.29, 0.717) is 38.0 Å². The number of nitrogens with two attached hydrogens (primary N) is 1. The molecular weight excluding hydrogens is 486 g/mol. The summed E-state index contributed by atoms with van der Waals surface area (Å²) < 4.78 is 20.0. The first-order valence-electron chi connectivity index (χ1n) is 10.7. The smallest absolute Gasteiger partial charge is 0.358 e. The summed E-state index contributed by atoms with van der Waals surface area (Å²) in [6, 6.07) is 0. The van der Waals surface area contributed by atoms with Gasteiger partial charge in [-0.25, -0.2) is 4.79 Å². The minimum absolute atomic E-state index is 0.0479. The topological polar surface area (TPSA) is 256 Å². The average Bonchev–Trinajstić information content (AvgIpc) is 3.20. The van der Waals surface area contributed by atoms with Gasteiger partial charge in [0.25, 0.3) is 11.8 Å². The number of hydrogen-bond acceptors (Lipinski definition) is 14. The first kappa shape index (κ1) is 34.7. The predicted octanol–water partition coefficient (Wildman–Crippen LogP) is -1.93. The Hall–Kier alpha value is -3.50. The van der Waals surface area contributed by atoms with E-state index in [1.165, 1.54) is 7.05 Å². The van der Waals surface area contributed by atoms with Crippen molar-refractivity contribution in [3.05, 3.63) is 0 Å². The third kappa shape index (κ3) is 21.1. The number of carbonyl (C=O) groups is 4. The number of nitrogens with zero attached hydrogens (tertiary/aromatic N) is 5. The van der Waals surface area contributed by atoms with Gasteiger partial charge in [-0.3, -0.25) is 14.4 Å². The van der Waals surface area contributed by atoms with Gasteiger partial charge in [0.1, 0.15) is 47.6 Å². The Morgan fingerprint density at radius 3 is 1.75 bits per heavy atom. The van der Waals surface area contributed by atoms with E-state index in [4.69, 9.17) is 30.0 Å². The summed E-state index contributed by atoms with van der Waals surface area (Å²) in [7, 11) is 3.05. The molecule has 1 fully saturated rings. The summed E-state index contributed by atoms with van der Waals surface area (Å²) in [5.74, 6) is -2.05. The maximum Gasteiger partial charge on any atom is 0.358 e. The second kappa shape index (κ2) is 26.1. The number of imide groups is 1. The van der Waals surface area contributed by atoms with Crippen molar-refractivity contribution in [2.45, 2.75) is 12.8 Å². The van der Waals surface area contributed by atoms with Crippen molar-refractivity contribution in [2.75, 3.05) is 80.0 Å². The normalized spacial score (nSPS) is 11.7. The van der Waals surface area contributed by atoms with E-state index in [1.807, 2.05) is 0 Å². The van der Waals surface area contributed by atoms with E-state index in [2.05, 4.69) is 35.9 Å². The SMILES string of the molecule is CN.CNC(=O)COCCOCCN=[N+]=N.N=[N+]=NCCOCCOCC(=O)ON1C(=O)CCC1=O. The molecule has 0 atom stereocenters. The van der Waals surface area contributed by atoms with Gasteiger partial charge in [-0.05, 0) is 7.05 Å². The monoisotopic (exact) mass is 521 g/mol. The summed E-state index contributed by atoms with van der Waals surface area (Å²) in [5.41, 5.74) is 17.2. The molecule has 3 amide bonds. The van der Waals surface area contributed by atoms with E-state index in [1.54, 1.807) is 7.05 Å². The highest BCUT2D eigenvalue weighted by atomic mass is 16.7. The summed E-state index contributed by atoms with van der Waals surface area (Å²) in [4.78, 5) is 54.4. The molecule has 1 aliphatic heterocycles. The molecule has 1 saturated heterocycles. The molecule has 1 rings (SSSR count). The molecule has 0 aromatic carbocycles. The van der Waals surface area contributed by atoms with Crippen LogP contribution < -0.4 is 20.9 Å². The van der Waals surface area contributed by atoms with Crippen LogP contribution >= 0.6 is 0 Å². The Bertz CT molecular complexity index is 726. The van der Waals surface area contributed by atoms with Crippen LogP contribution in [0.4, 0.5) is 0 Å². The van der Waals surface area contributed by atoms with Crippen LogP contribution in [0.2, 0.25) is 0 Å². The minimum atomic E-state index is -0.823. The van der Waals surface area contributed by atoms with Gasteiger partial charge in [0.2, 0.25) is 15.7 Å². The van der Waals surface area contributed by atoms with E-state index in [9.17, 15) is 19.2 Å². The van der Waals surface area contributed by atoms with Gasteiger partial charge in [0.15, 0.2) is 0 Å². The molecule has 0 spiro atoms. The number of ether oxygens (including phenoxy) is 4. The molecule has 1 aliphatic rings. The van der Waals surface area contributed by atoms with Crippen molar-refractivity contribution < 1.29 is 43.0 Å². The van der Waals surface area contributed by atoms with Crippen LogP contribution in [0.5, 0.6) is 0 Å². The third-order valence-electron chi connectivity index (χ3n) is 3.49. The molecule has 18 nitrogen and oxygen atoms in total. The molecule has 0 aliphatic carbocycles. The number of carbonyl (C=O) groups excluding carboxylic acids is 4. The van der Waals surface area contributed by atoms with Crippen LogP contribution in [0.3, 0.4) is 0 Å². The van der Waals surface area contributed by atoms with Crippen LogP contribution in [0, 0.1) is 11.1 Å².